The fraction of sp³-hybridized carbons (Fsp3) is 0.452. The van der Waals surface area contributed by atoms with Gasteiger partial charge in [0.05, 0.1) is 12.5 Å². The lowest BCUT2D eigenvalue weighted by molar-refractivity contribution is -0.158. The van der Waals surface area contributed by atoms with Crippen molar-refractivity contribution < 1.29 is 19.1 Å². The fourth-order valence-corrected chi connectivity index (χ4v) is 5.85. The first-order valence-electron chi connectivity index (χ1n) is 13.7. The minimum Gasteiger partial charge on any atom is -0.465 e. The Balaban J connectivity index is 1.43. The van der Waals surface area contributed by atoms with Gasteiger partial charge in [-0.25, -0.2) is 0 Å². The molecule has 0 saturated carbocycles. The minimum absolute atomic E-state index is 0.0227. The number of rotatable bonds is 12. The first-order chi connectivity index (χ1) is 18.5. The molecule has 1 aliphatic heterocycles. The zero-order chi connectivity index (χ0) is 27.0. The van der Waals surface area contributed by atoms with Crippen molar-refractivity contribution >= 4 is 29.4 Å². The van der Waals surface area contributed by atoms with Crippen molar-refractivity contribution in [3.05, 3.63) is 82.5 Å². The number of carbonyl (C=O) groups excluding carboxylic acids is 3. The van der Waals surface area contributed by atoms with Gasteiger partial charge in [0, 0.05) is 30.2 Å². The monoisotopic (exact) mass is 536 g/mol. The molecule has 0 spiro atoms. The van der Waals surface area contributed by atoms with Gasteiger partial charge < -0.3 is 15.0 Å². The molecular formula is C31H37ClN2O4. The summed E-state index contributed by atoms with van der Waals surface area (Å²) >= 11 is 6.02. The summed E-state index contributed by atoms with van der Waals surface area (Å²) in [6.07, 6.45) is 7.45. The van der Waals surface area contributed by atoms with Gasteiger partial charge in [-0.1, -0.05) is 60.1 Å². The second kappa shape index (κ2) is 13.1. The van der Waals surface area contributed by atoms with Crippen LogP contribution in [0.15, 0.2) is 66.4 Å². The van der Waals surface area contributed by atoms with E-state index in [0.29, 0.717) is 36.7 Å². The molecule has 0 aromatic heterocycles. The Hall–Kier alpha value is -3.12. The number of amides is 2. The minimum atomic E-state index is -1.10. The Labute approximate surface area is 230 Å². The number of nitrogens with zero attached hydrogens (tertiary/aromatic N) is 1. The molecule has 1 N–H and O–H groups in total. The standard InChI is InChI=1S/C31H37ClN2O4/c1-2-38-30(37)31-19-8-6-13-27(31)34(21-18-24-14-16-25(32)17-15-24)29(36)26(31)22-28(35)33-20-9-7-12-23-10-4-3-5-11-23/h3-5,10-11,13-17,26H,2,6-9,12,18-22H2,1H3,(H,33,35)/t26-,31-/m1/s1. The molecule has 4 rings (SSSR count). The molecule has 6 nitrogen and oxygen atoms in total. The van der Waals surface area contributed by atoms with Crippen molar-refractivity contribution in [3.8, 4) is 0 Å². The third-order valence-corrected chi connectivity index (χ3v) is 7.90. The molecule has 0 bridgehead atoms. The SMILES string of the molecule is CCOC(=O)[C@@]12CCCC=C1N(CCc1ccc(Cl)cc1)C(=O)[C@H]2CC(=O)NCCCCc1ccccc1. The van der Waals surface area contributed by atoms with E-state index in [1.165, 1.54) is 5.56 Å². The number of aryl methyl sites for hydroxylation is 1. The number of hydrogen-bond donors (Lipinski definition) is 1. The molecule has 38 heavy (non-hydrogen) atoms. The number of esters is 1. The largest absolute Gasteiger partial charge is 0.465 e. The maximum Gasteiger partial charge on any atom is 0.318 e. The van der Waals surface area contributed by atoms with E-state index in [9.17, 15) is 14.4 Å². The van der Waals surface area contributed by atoms with Crippen molar-refractivity contribution in [3.63, 3.8) is 0 Å². The van der Waals surface area contributed by atoms with Gasteiger partial charge in [0.25, 0.3) is 0 Å². The van der Waals surface area contributed by atoms with E-state index in [1.54, 1.807) is 11.8 Å². The van der Waals surface area contributed by atoms with Crippen LogP contribution in [0.3, 0.4) is 0 Å². The zero-order valence-corrected chi connectivity index (χ0v) is 22.8. The summed E-state index contributed by atoms with van der Waals surface area (Å²) in [6, 6.07) is 17.8. The summed E-state index contributed by atoms with van der Waals surface area (Å²) in [5.74, 6) is -1.52. The predicted octanol–water partition coefficient (Wildman–Crippen LogP) is 5.49. The van der Waals surface area contributed by atoms with Gasteiger partial charge in [-0.15, -0.1) is 0 Å². The Morgan fingerprint density at radius 3 is 2.53 bits per heavy atom. The highest BCUT2D eigenvalue weighted by Gasteiger charge is 2.61. The Morgan fingerprint density at radius 1 is 1.05 bits per heavy atom. The van der Waals surface area contributed by atoms with Crippen LogP contribution < -0.4 is 5.32 Å². The van der Waals surface area contributed by atoms with Crippen LogP contribution in [-0.4, -0.2) is 42.4 Å². The third-order valence-electron chi connectivity index (χ3n) is 7.64. The van der Waals surface area contributed by atoms with E-state index in [0.717, 1.165) is 37.7 Å². The zero-order valence-electron chi connectivity index (χ0n) is 22.1. The molecule has 2 aromatic rings. The summed E-state index contributed by atoms with van der Waals surface area (Å²) in [4.78, 5) is 42.0. The predicted molar refractivity (Wildman–Crippen MR) is 148 cm³/mol. The number of nitrogens with one attached hydrogen (secondary N) is 1. The number of unbranched alkanes of at least 4 members (excludes halogenated alkanes) is 1. The van der Waals surface area contributed by atoms with Gasteiger partial charge in [-0.2, -0.15) is 0 Å². The highest BCUT2D eigenvalue weighted by molar-refractivity contribution is 6.30. The van der Waals surface area contributed by atoms with Crippen LogP contribution in [0.5, 0.6) is 0 Å². The second-order valence-electron chi connectivity index (χ2n) is 10.1. The average Bonchev–Trinajstić information content (AvgIpc) is 3.17. The summed E-state index contributed by atoms with van der Waals surface area (Å²) in [5, 5.41) is 3.64. The Kier molecular flexibility index (Phi) is 9.62. The molecule has 2 aromatic carbocycles. The number of halogens is 1. The van der Waals surface area contributed by atoms with Crippen LogP contribution in [-0.2, 0) is 32.0 Å². The number of fused-ring (bicyclic) bond motifs is 1. The molecule has 1 fully saturated rings. The highest BCUT2D eigenvalue weighted by atomic mass is 35.5. The molecule has 1 saturated heterocycles. The molecule has 1 aliphatic carbocycles. The molecule has 2 amide bonds. The van der Waals surface area contributed by atoms with Crippen molar-refractivity contribution in [1.82, 2.24) is 10.2 Å². The van der Waals surface area contributed by atoms with E-state index in [4.69, 9.17) is 16.3 Å². The third kappa shape index (κ3) is 6.29. The van der Waals surface area contributed by atoms with Gasteiger partial charge in [0.2, 0.25) is 11.8 Å². The van der Waals surface area contributed by atoms with Crippen LogP contribution in [0.1, 0.15) is 56.6 Å². The quantitative estimate of drug-likeness (QED) is 0.287. The molecule has 202 valence electrons. The number of benzene rings is 2. The lowest BCUT2D eigenvalue weighted by Gasteiger charge is -2.35. The molecular weight excluding hydrogens is 500 g/mol. The van der Waals surface area contributed by atoms with Crippen LogP contribution >= 0.6 is 11.6 Å². The maximum atomic E-state index is 13.8. The summed E-state index contributed by atoms with van der Waals surface area (Å²) < 4.78 is 5.52. The first kappa shape index (κ1) is 27.9. The highest BCUT2D eigenvalue weighted by Crippen LogP contribution is 2.53. The molecule has 0 unspecified atom stereocenters. The van der Waals surface area contributed by atoms with E-state index in [-0.39, 0.29) is 24.8 Å². The number of allylic oxidation sites excluding steroid dienone is 1. The van der Waals surface area contributed by atoms with Crippen molar-refractivity contribution in [2.24, 2.45) is 11.3 Å². The van der Waals surface area contributed by atoms with E-state index in [2.05, 4.69) is 17.4 Å². The van der Waals surface area contributed by atoms with Gasteiger partial charge in [0.15, 0.2) is 0 Å². The van der Waals surface area contributed by atoms with Gasteiger partial charge in [0.1, 0.15) is 5.41 Å². The summed E-state index contributed by atoms with van der Waals surface area (Å²) in [5.41, 5.74) is 1.94. The second-order valence-corrected chi connectivity index (χ2v) is 10.5. The Morgan fingerprint density at radius 2 is 1.79 bits per heavy atom. The lowest BCUT2D eigenvalue weighted by Crippen LogP contribution is -2.43. The lowest BCUT2D eigenvalue weighted by atomic mass is 9.68. The summed E-state index contributed by atoms with van der Waals surface area (Å²) in [7, 11) is 0. The molecule has 2 atom stereocenters. The number of hydrogen-bond acceptors (Lipinski definition) is 4. The number of likely N-dealkylation sites (tertiary alicyclic amines) is 1. The molecule has 7 heteroatoms. The Bertz CT molecular complexity index is 1150. The van der Waals surface area contributed by atoms with Gasteiger partial charge in [-0.05, 0) is 75.1 Å². The van der Waals surface area contributed by atoms with Gasteiger partial charge >= 0.3 is 5.97 Å². The van der Waals surface area contributed by atoms with Crippen molar-refractivity contribution in [2.45, 2.75) is 58.3 Å². The summed E-state index contributed by atoms with van der Waals surface area (Å²) in [6.45, 7) is 2.98. The topological polar surface area (TPSA) is 75.7 Å². The van der Waals surface area contributed by atoms with Crippen LogP contribution in [0.25, 0.3) is 0 Å². The van der Waals surface area contributed by atoms with E-state index < -0.39 is 17.3 Å². The van der Waals surface area contributed by atoms with Crippen LogP contribution in [0.2, 0.25) is 5.02 Å². The van der Waals surface area contributed by atoms with Crippen molar-refractivity contribution in [2.75, 3.05) is 19.7 Å². The van der Waals surface area contributed by atoms with Crippen LogP contribution in [0, 0.1) is 11.3 Å². The first-order valence-corrected chi connectivity index (χ1v) is 14.1. The van der Waals surface area contributed by atoms with Crippen molar-refractivity contribution in [1.29, 1.82) is 0 Å². The smallest absolute Gasteiger partial charge is 0.318 e. The van der Waals surface area contributed by atoms with E-state index in [1.807, 2.05) is 48.5 Å². The normalized spacial score (nSPS) is 20.6. The average molecular weight is 537 g/mol. The van der Waals surface area contributed by atoms with E-state index >= 15 is 0 Å². The van der Waals surface area contributed by atoms with Crippen LogP contribution in [0.4, 0.5) is 0 Å². The fourth-order valence-electron chi connectivity index (χ4n) is 5.73. The molecule has 1 heterocycles. The molecule has 2 aliphatic rings. The number of carbonyl (C=O) groups is 3. The maximum absolute atomic E-state index is 13.8. The van der Waals surface area contributed by atoms with Gasteiger partial charge in [-0.3, -0.25) is 14.4 Å². The molecule has 0 radical (unpaired) electrons. The number of ether oxygens (including phenoxy) is 1.